The quantitative estimate of drug-likeness (QED) is 0.807. The summed E-state index contributed by atoms with van der Waals surface area (Å²) >= 11 is 3.50. The number of aromatic nitrogens is 1. The molecule has 14 heavy (non-hydrogen) atoms. The molecule has 3 heteroatoms. The third-order valence-electron chi connectivity index (χ3n) is 1.81. The molecule has 1 rings (SSSR count). The Morgan fingerprint density at radius 3 is 2.57 bits per heavy atom. The molecular weight excluding hydrogens is 240 g/mol. The molecule has 1 heterocycles. The normalized spacial score (nSPS) is 11.5. The summed E-state index contributed by atoms with van der Waals surface area (Å²) in [6, 6.07) is 3.94. The highest BCUT2D eigenvalue weighted by molar-refractivity contribution is 9.10. The van der Waals surface area contributed by atoms with Gasteiger partial charge in [-0.2, -0.15) is 0 Å². The second-order valence-electron chi connectivity index (χ2n) is 4.73. The van der Waals surface area contributed by atoms with Gasteiger partial charge in [-0.1, -0.05) is 20.8 Å². The minimum absolute atomic E-state index is 0.283. The second-order valence-corrected chi connectivity index (χ2v) is 5.58. The van der Waals surface area contributed by atoms with Crippen LogP contribution in [0.2, 0.25) is 0 Å². The van der Waals surface area contributed by atoms with Gasteiger partial charge in [0, 0.05) is 19.8 Å². The predicted molar refractivity (Wildman–Crippen MR) is 64.7 cm³/mol. The molecule has 0 spiro atoms. The van der Waals surface area contributed by atoms with E-state index in [1.807, 2.05) is 18.3 Å². The summed E-state index contributed by atoms with van der Waals surface area (Å²) in [4.78, 5) is 6.51. The molecular formula is C11H17BrN2. The zero-order valence-corrected chi connectivity index (χ0v) is 10.8. The number of halogens is 1. The molecule has 2 nitrogen and oxygen atoms in total. The summed E-state index contributed by atoms with van der Waals surface area (Å²) in [5.41, 5.74) is 0.283. The molecule has 0 saturated carbocycles. The molecule has 0 radical (unpaired) electrons. The van der Waals surface area contributed by atoms with Gasteiger partial charge >= 0.3 is 0 Å². The third kappa shape index (κ3) is 3.29. The van der Waals surface area contributed by atoms with Gasteiger partial charge < -0.3 is 4.90 Å². The molecule has 0 atom stereocenters. The van der Waals surface area contributed by atoms with Gasteiger partial charge in [-0.15, -0.1) is 0 Å². The number of anilines is 1. The van der Waals surface area contributed by atoms with Gasteiger partial charge in [0.2, 0.25) is 0 Å². The first-order chi connectivity index (χ1) is 6.40. The van der Waals surface area contributed by atoms with Crippen LogP contribution in [-0.2, 0) is 0 Å². The first-order valence-electron chi connectivity index (χ1n) is 4.72. The molecule has 0 N–H and O–H groups in total. The Morgan fingerprint density at radius 2 is 2.07 bits per heavy atom. The lowest BCUT2D eigenvalue weighted by Crippen LogP contribution is -2.29. The highest BCUT2D eigenvalue weighted by atomic mass is 79.9. The molecule has 0 fully saturated rings. The third-order valence-corrected chi connectivity index (χ3v) is 2.43. The lowest BCUT2D eigenvalue weighted by molar-refractivity contribution is 0.417. The van der Waals surface area contributed by atoms with Crippen molar-refractivity contribution in [2.75, 3.05) is 18.5 Å². The zero-order valence-electron chi connectivity index (χ0n) is 9.21. The molecule has 0 aliphatic heterocycles. The van der Waals surface area contributed by atoms with Crippen LogP contribution in [0.4, 0.5) is 5.82 Å². The van der Waals surface area contributed by atoms with Crippen LogP contribution >= 0.6 is 15.9 Å². The Morgan fingerprint density at radius 1 is 1.43 bits per heavy atom. The van der Waals surface area contributed by atoms with Gasteiger partial charge in [-0.3, -0.25) is 0 Å². The Labute approximate surface area is 94.5 Å². The van der Waals surface area contributed by atoms with Crippen molar-refractivity contribution in [1.82, 2.24) is 4.98 Å². The average molecular weight is 257 g/mol. The summed E-state index contributed by atoms with van der Waals surface area (Å²) in [5.74, 6) is 1.00. The molecule has 1 aromatic rings. The predicted octanol–water partition coefficient (Wildman–Crippen LogP) is 3.33. The van der Waals surface area contributed by atoms with Crippen molar-refractivity contribution < 1.29 is 0 Å². The van der Waals surface area contributed by atoms with E-state index in [0.29, 0.717) is 0 Å². The average Bonchev–Trinajstić information content (AvgIpc) is 2.01. The molecule has 0 aliphatic carbocycles. The molecule has 0 unspecified atom stereocenters. The fourth-order valence-corrected chi connectivity index (χ4v) is 2.00. The van der Waals surface area contributed by atoms with Crippen molar-refractivity contribution in [3.63, 3.8) is 0 Å². The minimum atomic E-state index is 0.283. The van der Waals surface area contributed by atoms with Crippen LogP contribution in [0, 0.1) is 5.41 Å². The van der Waals surface area contributed by atoms with Crippen LogP contribution < -0.4 is 4.90 Å². The zero-order chi connectivity index (χ0) is 10.8. The van der Waals surface area contributed by atoms with E-state index in [4.69, 9.17) is 0 Å². The van der Waals surface area contributed by atoms with Crippen molar-refractivity contribution in [3.8, 4) is 0 Å². The maximum atomic E-state index is 4.34. The molecule has 78 valence electrons. The van der Waals surface area contributed by atoms with Gasteiger partial charge in [0.1, 0.15) is 5.82 Å². The summed E-state index contributed by atoms with van der Waals surface area (Å²) in [5, 5.41) is 0. The van der Waals surface area contributed by atoms with Gasteiger partial charge in [0.15, 0.2) is 0 Å². The fraction of sp³-hybridized carbons (Fsp3) is 0.545. The van der Waals surface area contributed by atoms with E-state index in [-0.39, 0.29) is 5.41 Å². The van der Waals surface area contributed by atoms with Crippen LogP contribution in [0.15, 0.2) is 22.8 Å². The molecule has 0 amide bonds. The highest BCUT2D eigenvalue weighted by Crippen LogP contribution is 2.24. The van der Waals surface area contributed by atoms with Crippen LogP contribution in [0.3, 0.4) is 0 Å². The second kappa shape index (κ2) is 4.30. The number of hydrogen-bond acceptors (Lipinski definition) is 2. The van der Waals surface area contributed by atoms with Gasteiger partial charge in [0.25, 0.3) is 0 Å². The number of rotatable bonds is 2. The number of nitrogens with zero attached hydrogens (tertiary/aromatic N) is 2. The smallest absolute Gasteiger partial charge is 0.142 e. The first kappa shape index (κ1) is 11.5. The number of hydrogen-bond donors (Lipinski definition) is 0. The lowest BCUT2D eigenvalue weighted by atomic mass is 9.96. The van der Waals surface area contributed by atoms with Crippen molar-refractivity contribution >= 4 is 21.7 Å². The van der Waals surface area contributed by atoms with Crippen molar-refractivity contribution in [2.24, 2.45) is 5.41 Å². The van der Waals surface area contributed by atoms with Crippen LogP contribution in [0.25, 0.3) is 0 Å². The van der Waals surface area contributed by atoms with Crippen LogP contribution in [0.1, 0.15) is 20.8 Å². The highest BCUT2D eigenvalue weighted by Gasteiger charge is 2.15. The summed E-state index contributed by atoms with van der Waals surface area (Å²) < 4.78 is 1.05. The molecule has 1 aromatic heterocycles. The Bertz CT molecular complexity index is 304. The Kier molecular flexibility index (Phi) is 3.53. The summed E-state index contributed by atoms with van der Waals surface area (Å²) in [7, 11) is 2.07. The Hall–Kier alpha value is -0.570. The van der Waals surface area contributed by atoms with E-state index in [2.05, 4.69) is 53.6 Å². The van der Waals surface area contributed by atoms with Gasteiger partial charge in [0.05, 0.1) is 4.47 Å². The molecule has 0 saturated heterocycles. The fourth-order valence-electron chi connectivity index (χ4n) is 1.44. The minimum Gasteiger partial charge on any atom is -0.358 e. The largest absolute Gasteiger partial charge is 0.358 e. The lowest BCUT2D eigenvalue weighted by Gasteiger charge is -2.27. The van der Waals surface area contributed by atoms with E-state index in [1.54, 1.807) is 0 Å². The maximum Gasteiger partial charge on any atom is 0.142 e. The standard InChI is InChI=1S/C11H17BrN2/c1-11(2,3)8-14(4)10-9(12)6-5-7-13-10/h5-7H,8H2,1-4H3. The van der Waals surface area contributed by atoms with Crippen LogP contribution in [-0.4, -0.2) is 18.6 Å². The van der Waals surface area contributed by atoms with E-state index in [9.17, 15) is 0 Å². The van der Waals surface area contributed by atoms with Crippen molar-refractivity contribution in [3.05, 3.63) is 22.8 Å². The molecule has 0 aliphatic rings. The molecule has 0 bridgehead atoms. The topological polar surface area (TPSA) is 16.1 Å². The SMILES string of the molecule is CN(CC(C)(C)C)c1ncccc1Br. The van der Waals surface area contributed by atoms with E-state index < -0.39 is 0 Å². The van der Waals surface area contributed by atoms with E-state index in [1.165, 1.54) is 0 Å². The number of pyridine rings is 1. The summed E-state index contributed by atoms with van der Waals surface area (Å²) in [6.45, 7) is 7.66. The van der Waals surface area contributed by atoms with Gasteiger partial charge in [-0.25, -0.2) is 4.98 Å². The van der Waals surface area contributed by atoms with Crippen molar-refractivity contribution in [2.45, 2.75) is 20.8 Å². The first-order valence-corrected chi connectivity index (χ1v) is 5.51. The van der Waals surface area contributed by atoms with Crippen LogP contribution in [0.5, 0.6) is 0 Å². The van der Waals surface area contributed by atoms with E-state index in [0.717, 1.165) is 16.8 Å². The monoisotopic (exact) mass is 256 g/mol. The van der Waals surface area contributed by atoms with Crippen molar-refractivity contribution in [1.29, 1.82) is 0 Å². The maximum absolute atomic E-state index is 4.34. The van der Waals surface area contributed by atoms with E-state index >= 15 is 0 Å². The Balaban J connectivity index is 2.80. The van der Waals surface area contributed by atoms with Gasteiger partial charge in [-0.05, 0) is 33.5 Å². The molecule has 0 aromatic carbocycles. The summed E-state index contributed by atoms with van der Waals surface area (Å²) in [6.07, 6.45) is 1.82.